The van der Waals surface area contributed by atoms with Gasteiger partial charge in [0.25, 0.3) is 11.5 Å². The van der Waals surface area contributed by atoms with E-state index in [9.17, 15) is 14.4 Å². The van der Waals surface area contributed by atoms with E-state index in [-0.39, 0.29) is 22.6 Å². The summed E-state index contributed by atoms with van der Waals surface area (Å²) in [4.78, 5) is 49.0. The Balaban J connectivity index is 1.73. The van der Waals surface area contributed by atoms with E-state index in [0.29, 0.717) is 50.8 Å². The molecule has 44 heavy (non-hydrogen) atoms. The third kappa shape index (κ3) is 4.76. The zero-order valence-corrected chi connectivity index (χ0v) is 26.8. The van der Waals surface area contributed by atoms with Gasteiger partial charge in [0.05, 0.1) is 49.4 Å². The Labute approximate surface area is 265 Å². The van der Waals surface area contributed by atoms with Crippen molar-refractivity contribution in [3.05, 3.63) is 113 Å². The monoisotopic (exact) mass is 673 g/mol. The lowest BCUT2D eigenvalue weighted by atomic mass is 9.93. The van der Waals surface area contributed by atoms with Gasteiger partial charge >= 0.3 is 5.97 Å². The van der Waals surface area contributed by atoms with Gasteiger partial charge in [-0.25, -0.2) is 9.79 Å². The van der Waals surface area contributed by atoms with Crippen LogP contribution in [0.25, 0.3) is 11.3 Å². The molecule has 224 valence electrons. The van der Waals surface area contributed by atoms with Gasteiger partial charge in [0.15, 0.2) is 16.3 Å². The van der Waals surface area contributed by atoms with E-state index in [1.54, 1.807) is 30.0 Å². The third-order valence-electron chi connectivity index (χ3n) is 7.59. The van der Waals surface area contributed by atoms with Crippen LogP contribution < -0.4 is 29.3 Å². The lowest BCUT2D eigenvalue weighted by Gasteiger charge is -2.26. The number of fused-ring (bicyclic) bond motifs is 2. The van der Waals surface area contributed by atoms with Crippen LogP contribution in [0.4, 0.5) is 5.69 Å². The molecule has 0 aliphatic carbocycles. The Hall–Kier alpha value is -4.48. The summed E-state index contributed by atoms with van der Waals surface area (Å²) in [6.07, 6.45) is 0. The van der Waals surface area contributed by atoms with E-state index < -0.39 is 17.6 Å². The maximum atomic E-state index is 14.5. The fourth-order valence-corrected chi connectivity index (χ4v) is 7.12. The first kappa shape index (κ1) is 29.6. The van der Waals surface area contributed by atoms with E-state index in [2.05, 4.69) is 15.9 Å². The molecular weight excluding hydrogens is 646 g/mol. The topological polar surface area (TPSA) is 99.4 Å². The van der Waals surface area contributed by atoms with Crippen molar-refractivity contribution in [3.8, 4) is 11.5 Å². The molecule has 0 bridgehead atoms. The van der Waals surface area contributed by atoms with Crippen LogP contribution in [0.2, 0.25) is 0 Å². The molecule has 1 aromatic heterocycles. The largest absolute Gasteiger partial charge is 0.493 e. The highest BCUT2D eigenvalue weighted by Gasteiger charge is 2.38. The number of esters is 1. The summed E-state index contributed by atoms with van der Waals surface area (Å²) in [6, 6.07) is 19.2. The number of anilines is 1. The predicted molar refractivity (Wildman–Crippen MR) is 172 cm³/mol. The van der Waals surface area contributed by atoms with Crippen LogP contribution in [-0.4, -0.2) is 43.8 Å². The first-order valence-electron chi connectivity index (χ1n) is 14.0. The number of rotatable bonds is 7. The van der Waals surface area contributed by atoms with Crippen molar-refractivity contribution < 1.29 is 23.8 Å². The Morgan fingerprint density at radius 2 is 1.73 bits per heavy atom. The van der Waals surface area contributed by atoms with Crippen LogP contribution in [0.5, 0.6) is 11.5 Å². The fraction of sp³-hybridized carbons (Fsp3) is 0.212. The standard InChI is InChI=1S/C33H28BrN3O6S/c1-5-36-22-14-13-20(34)17-21(22)25(30(36)38)29-31(39)37-28(19-12-15-23(41-3)24(16-19)42-4)26(32(40)43-6-2)27(35-33(37)44-29)18-10-8-7-9-11-18/h7-17,28H,5-6H2,1-4H3/b29-25+/t28-/m1/s1. The predicted octanol–water partition coefficient (Wildman–Crippen LogP) is 4.45. The van der Waals surface area contributed by atoms with E-state index in [1.807, 2.05) is 55.5 Å². The molecule has 0 fully saturated rings. The third-order valence-corrected chi connectivity index (χ3v) is 9.14. The van der Waals surface area contributed by atoms with Crippen LogP contribution in [0, 0.1) is 0 Å². The molecule has 0 saturated carbocycles. The number of hydrogen-bond donors (Lipinski definition) is 0. The molecule has 0 radical (unpaired) electrons. The van der Waals surface area contributed by atoms with Crippen molar-refractivity contribution in [2.45, 2.75) is 19.9 Å². The molecule has 1 amide bonds. The number of nitrogens with zero attached hydrogens (tertiary/aromatic N) is 3. The van der Waals surface area contributed by atoms with Crippen molar-refractivity contribution in [1.29, 1.82) is 0 Å². The smallest absolute Gasteiger partial charge is 0.338 e. The van der Waals surface area contributed by atoms with Crippen LogP contribution in [-0.2, 0) is 14.3 Å². The van der Waals surface area contributed by atoms with E-state index in [4.69, 9.17) is 19.2 Å². The van der Waals surface area contributed by atoms with Gasteiger partial charge in [-0.3, -0.25) is 14.2 Å². The number of amides is 1. The van der Waals surface area contributed by atoms with E-state index in [1.165, 1.54) is 18.8 Å². The van der Waals surface area contributed by atoms with Crippen molar-refractivity contribution in [2.24, 2.45) is 4.99 Å². The minimum Gasteiger partial charge on any atom is -0.493 e. The Morgan fingerprint density at radius 3 is 2.41 bits per heavy atom. The van der Waals surface area contributed by atoms with Crippen molar-refractivity contribution in [2.75, 3.05) is 32.3 Å². The molecule has 3 aromatic carbocycles. The lowest BCUT2D eigenvalue weighted by molar-refractivity contribution is -0.138. The first-order chi connectivity index (χ1) is 21.3. The molecule has 0 N–H and O–H groups in total. The normalized spacial score (nSPS) is 16.8. The number of carbonyl (C=O) groups is 2. The maximum absolute atomic E-state index is 14.5. The lowest BCUT2D eigenvalue weighted by Crippen LogP contribution is -2.41. The molecule has 11 heteroatoms. The number of methoxy groups -OCH3 is 2. The van der Waals surface area contributed by atoms with Gasteiger partial charge in [-0.2, -0.15) is 0 Å². The number of thiazole rings is 1. The van der Waals surface area contributed by atoms with Crippen molar-refractivity contribution in [1.82, 2.24) is 4.57 Å². The SMILES string of the molecule is CCOC(=O)C1=C(c2ccccc2)N=c2s/c(=C3/C(=O)N(CC)c4ccc(Br)cc43)c(=O)n2[C@@H]1c1ccc(OC)c(OC)c1. The Kier molecular flexibility index (Phi) is 8.00. The van der Waals surface area contributed by atoms with Crippen LogP contribution in [0.1, 0.15) is 36.6 Å². The molecule has 0 saturated heterocycles. The van der Waals surface area contributed by atoms with Gasteiger partial charge in [0, 0.05) is 22.1 Å². The zero-order valence-electron chi connectivity index (χ0n) is 24.4. The van der Waals surface area contributed by atoms with E-state index in [0.717, 1.165) is 21.5 Å². The average Bonchev–Trinajstić information content (AvgIpc) is 3.51. The number of benzene rings is 3. The molecule has 0 unspecified atom stereocenters. The maximum Gasteiger partial charge on any atom is 0.338 e. The van der Waals surface area contributed by atoms with Crippen LogP contribution in [0.3, 0.4) is 0 Å². The highest BCUT2D eigenvalue weighted by atomic mass is 79.9. The molecule has 2 aliphatic heterocycles. The zero-order chi connectivity index (χ0) is 31.1. The highest BCUT2D eigenvalue weighted by molar-refractivity contribution is 9.10. The fourth-order valence-electron chi connectivity index (χ4n) is 5.67. The van der Waals surface area contributed by atoms with Gasteiger partial charge < -0.3 is 19.1 Å². The van der Waals surface area contributed by atoms with Gasteiger partial charge in [-0.05, 0) is 49.7 Å². The number of hydrogen-bond acceptors (Lipinski definition) is 8. The van der Waals surface area contributed by atoms with Crippen molar-refractivity contribution in [3.63, 3.8) is 0 Å². The first-order valence-corrected chi connectivity index (χ1v) is 15.6. The molecule has 2 aliphatic rings. The second-order valence-corrected chi connectivity index (χ2v) is 11.8. The van der Waals surface area contributed by atoms with Gasteiger partial charge in [-0.15, -0.1) is 0 Å². The molecule has 3 heterocycles. The number of carbonyl (C=O) groups excluding carboxylic acids is 2. The Morgan fingerprint density at radius 1 is 0.977 bits per heavy atom. The summed E-state index contributed by atoms with van der Waals surface area (Å²) in [7, 11) is 3.06. The average molecular weight is 675 g/mol. The minimum atomic E-state index is -0.935. The molecule has 4 aromatic rings. The summed E-state index contributed by atoms with van der Waals surface area (Å²) in [6.45, 7) is 4.19. The highest BCUT2D eigenvalue weighted by Crippen LogP contribution is 2.40. The number of ether oxygens (including phenoxy) is 3. The number of aromatic nitrogens is 1. The molecule has 6 rings (SSSR count). The minimum absolute atomic E-state index is 0.130. The van der Waals surface area contributed by atoms with Crippen LogP contribution >= 0.6 is 27.3 Å². The quantitative estimate of drug-likeness (QED) is 0.269. The van der Waals surface area contributed by atoms with Gasteiger partial charge in [-0.1, -0.05) is 63.7 Å². The second kappa shape index (κ2) is 11.9. The second-order valence-electron chi connectivity index (χ2n) is 9.95. The summed E-state index contributed by atoms with van der Waals surface area (Å²) in [5, 5.41) is 0. The van der Waals surface area contributed by atoms with Gasteiger partial charge in [0.2, 0.25) is 0 Å². The van der Waals surface area contributed by atoms with Crippen LogP contribution in [0.15, 0.2) is 86.6 Å². The van der Waals surface area contributed by atoms with Crippen molar-refractivity contribution >= 4 is 56.1 Å². The molecular formula is C33H28BrN3O6S. The summed E-state index contributed by atoms with van der Waals surface area (Å²) in [5.74, 6) is 0.0617. The summed E-state index contributed by atoms with van der Waals surface area (Å²) in [5.41, 5.74) is 3.12. The van der Waals surface area contributed by atoms with Gasteiger partial charge in [0.1, 0.15) is 4.53 Å². The molecule has 9 nitrogen and oxygen atoms in total. The summed E-state index contributed by atoms with van der Waals surface area (Å²) < 4.78 is 19.1. The summed E-state index contributed by atoms with van der Waals surface area (Å²) >= 11 is 4.65. The molecule has 1 atom stereocenters. The number of likely N-dealkylation sites (N-methyl/N-ethyl adjacent to an activating group) is 1. The van der Waals surface area contributed by atoms with E-state index >= 15 is 0 Å². The Bertz CT molecular complexity index is 2030. The number of halogens is 1. The molecule has 0 spiro atoms.